The molecular formula is C20H19F4N3O4. The van der Waals surface area contributed by atoms with Crippen molar-refractivity contribution < 1.29 is 31.8 Å². The van der Waals surface area contributed by atoms with Crippen LogP contribution >= 0.6 is 0 Å². The highest BCUT2D eigenvalue weighted by atomic mass is 19.4. The summed E-state index contributed by atoms with van der Waals surface area (Å²) in [5, 5.41) is -0.295. The molecule has 3 rings (SSSR count). The van der Waals surface area contributed by atoms with E-state index in [1.807, 2.05) is 0 Å². The summed E-state index contributed by atoms with van der Waals surface area (Å²) in [6.07, 6.45) is -4.70. The number of aromatic nitrogens is 3. The molecule has 0 saturated heterocycles. The molecule has 0 aliphatic heterocycles. The number of esters is 1. The van der Waals surface area contributed by atoms with Crippen molar-refractivity contribution in [1.29, 1.82) is 0 Å². The van der Waals surface area contributed by atoms with Gasteiger partial charge < -0.3 is 14.0 Å². The molecule has 0 bridgehead atoms. The van der Waals surface area contributed by atoms with Crippen molar-refractivity contribution in [2.45, 2.75) is 26.6 Å². The van der Waals surface area contributed by atoms with Crippen LogP contribution in [0, 0.1) is 12.7 Å². The number of rotatable bonds is 6. The SMILES string of the molecule is CCOC(=O)c1c(OCC(F)(F)F)c2c(=O)n(Cc3cccc(F)c3)c(C)nc2n1C. The van der Waals surface area contributed by atoms with Crippen molar-refractivity contribution in [3.8, 4) is 5.75 Å². The van der Waals surface area contributed by atoms with Crippen LogP contribution in [0.25, 0.3) is 11.0 Å². The Labute approximate surface area is 173 Å². The van der Waals surface area contributed by atoms with E-state index in [-0.39, 0.29) is 35.7 Å². The first kappa shape index (κ1) is 22.3. The lowest BCUT2D eigenvalue weighted by molar-refractivity contribution is -0.153. The number of fused-ring (bicyclic) bond motifs is 1. The topological polar surface area (TPSA) is 75.3 Å². The fourth-order valence-corrected chi connectivity index (χ4v) is 3.19. The smallest absolute Gasteiger partial charge is 0.422 e. The minimum absolute atomic E-state index is 0.0294. The van der Waals surface area contributed by atoms with Crippen molar-refractivity contribution in [2.24, 2.45) is 7.05 Å². The summed E-state index contributed by atoms with van der Waals surface area (Å²) in [5.41, 5.74) is -0.660. The highest BCUT2D eigenvalue weighted by Crippen LogP contribution is 2.32. The van der Waals surface area contributed by atoms with Gasteiger partial charge in [-0.15, -0.1) is 0 Å². The van der Waals surface area contributed by atoms with Crippen molar-refractivity contribution in [3.05, 3.63) is 57.5 Å². The molecule has 31 heavy (non-hydrogen) atoms. The van der Waals surface area contributed by atoms with Crippen LogP contribution in [-0.2, 0) is 18.3 Å². The van der Waals surface area contributed by atoms with Gasteiger partial charge in [-0.1, -0.05) is 12.1 Å². The summed E-state index contributed by atoms with van der Waals surface area (Å²) in [6.45, 7) is 1.23. The third-order valence-corrected chi connectivity index (χ3v) is 4.51. The van der Waals surface area contributed by atoms with E-state index in [1.165, 1.54) is 48.2 Å². The van der Waals surface area contributed by atoms with Gasteiger partial charge in [0, 0.05) is 7.05 Å². The molecule has 0 radical (unpaired) electrons. The van der Waals surface area contributed by atoms with E-state index < -0.39 is 35.9 Å². The number of benzene rings is 1. The van der Waals surface area contributed by atoms with Crippen LogP contribution in [0.2, 0.25) is 0 Å². The fraction of sp³-hybridized carbons (Fsp3) is 0.350. The number of aryl methyl sites for hydroxylation is 2. The van der Waals surface area contributed by atoms with E-state index in [2.05, 4.69) is 4.98 Å². The lowest BCUT2D eigenvalue weighted by atomic mass is 10.2. The van der Waals surface area contributed by atoms with Gasteiger partial charge in [0.05, 0.1) is 13.2 Å². The molecule has 0 amide bonds. The van der Waals surface area contributed by atoms with E-state index in [1.54, 1.807) is 6.07 Å². The molecule has 0 spiro atoms. The van der Waals surface area contributed by atoms with Gasteiger partial charge in [0.2, 0.25) is 0 Å². The molecule has 0 saturated carbocycles. The molecule has 0 atom stereocenters. The highest BCUT2D eigenvalue weighted by Gasteiger charge is 2.33. The maximum absolute atomic E-state index is 13.5. The summed E-state index contributed by atoms with van der Waals surface area (Å²) in [7, 11) is 1.37. The number of halogens is 4. The van der Waals surface area contributed by atoms with Crippen LogP contribution in [0.4, 0.5) is 17.6 Å². The summed E-state index contributed by atoms with van der Waals surface area (Å²) in [6, 6.07) is 5.53. The Morgan fingerprint density at radius 3 is 2.58 bits per heavy atom. The number of carbonyl (C=O) groups excluding carboxylic acids is 1. The molecule has 2 aromatic heterocycles. The van der Waals surface area contributed by atoms with Gasteiger partial charge in [-0.05, 0) is 31.5 Å². The minimum Gasteiger partial charge on any atom is -0.481 e. The summed E-state index contributed by atoms with van der Waals surface area (Å²) in [4.78, 5) is 29.9. The number of alkyl halides is 3. The average Bonchev–Trinajstić information content (AvgIpc) is 2.95. The first-order valence-corrected chi connectivity index (χ1v) is 9.24. The molecule has 2 heterocycles. The van der Waals surface area contributed by atoms with Gasteiger partial charge in [-0.3, -0.25) is 9.36 Å². The highest BCUT2D eigenvalue weighted by molar-refractivity contribution is 6.00. The second-order valence-electron chi connectivity index (χ2n) is 6.74. The maximum atomic E-state index is 13.5. The van der Waals surface area contributed by atoms with Crippen LogP contribution < -0.4 is 10.3 Å². The number of ether oxygens (including phenoxy) is 2. The Bertz CT molecular complexity index is 1200. The maximum Gasteiger partial charge on any atom is 0.422 e. The van der Waals surface area contributed by atoms with E-state index in [4.69, 9.17) is 9.47 Å². The summed E-state index contributed by atoms with van der Waals surface area (Å²) < 4.78 is 64.1. The second-order valence-corrected chi connectivity index (χ2v) is 6.74. The number of carbonyl (C=O) groups is 1. The number of hydrogen-bond acceptors (Lipinski definition) is 5. The van der Waals surface area contributed by atoms with Gasteiger partial charge in [0.1, 0.15) is 17.0 Å². The van der Waals surface area contributed by atoms with Gasteiger partial charge in [0.15, 0.2) is 23.7 Å². The largest absolute Gasteiger partial charge is 0.481 e. The third kappa shape index (κ3) is 4.54. The monoisotopic (exact) mass is 441 g/mol. The van der Waals surface area contributed by atoms with E-state index >= 15 is 0 Å². The van der Waals surface area contributed by atoms with Crippen molar-refractivity contribution >= 4 is 17.0 Å². The van der Waals surface area contributed by atoms with Crippen LogP contribution in [0.3, 0.4) is 0 Å². The molecule has 166 valence electrons. The fourth-order valence-electron chi connectivity index (χ4n) is 3.19. The Balaban J connectivity index is 2.24. The van der Waals surface area contributed by atoms with Gasteiger partial charge in [0.25, 0.3) is 5.56 Å². The number of hydrogen-bond donors (Lipinski definition) is 0. The molecule has 3 aromatic rings. The molecule has 7 nitrogen and oxygen atoms in total. The minimum atomic E-state index is -4.70. The zero-order chi connectivity index (χ0) is 22.9. The number of nitrogens with zero attached hydrogens (tertiary/aromatic N) is 3. The van der Waals surface area contributed by atoms with Crippen LogP contribution in [0.1, 0.15) is 28.8 Å². The normalized spacial score (nSPS) is 11.7. The summed E-state index contributed by atoms with van der Waals surface area (Å²) >= 11 is 0. The summed E-state index contributed by atoms with van der Waals surface area (Å²) in [5.74, 6) is -1.79. The predicted octanol–water partition coefficient (Wildman–Crippen LogP) is 3.35. The Kier molecular flexibility index (Phi) is 6.05. The molecule has 0 fully saturated rings. The Morgan fingerprint density at radius 1 is 1.26 bits per heavy atom. The zero-order valence-corrected chi connectivity index (χ0v) is 16.9. The van der Waals surface area contributed by atoms with Gasteiger partial charge in [-0.2, -0.15) is 13.2 Å². The second kappa shape index (κ2) is 8.40. The van der Waals surface area contributed by atoms with Crippen molar-refractivity contribution in [3.63, 3.8) is 0 Å². The Morgan fingerprint density at radius 2 is 1.97 bits per heavy atom. The third-order valence-electron chi connectivity index (χ3n) is 4.51. The first-order valence-electron chi connectivity index (χ1n) is 9.24. The molecule has 0 aliphatic rings. The van der Waals surface area contributed by atoms with E-state index in [9.17, 15) is 27.2 Å². The van der Waals surface area contributed by atoms with E-state index in [0.717, 1.165) is 0 Å². The molecule has 0 aliphatic carbocycles. The van der Waals surface area contributed by atoms with Crippen molar-refractivity contribution in [1.82, 2.24) is 14.1 Å². The van der Waals surface area contributed by atoms with Crippen LogP contribution in [-0.4, -0.2) is 39.5 Å². The lowest BCUT2D eigenvalue weighted by Gasteiger charge is -2.12. The quantitative estimate of drug-likeness (QED) is 0.433. The molecule has 0 N–H and O–H groups in total. The average molecular weight is 441 g/mol. The van der Waals surface area contributed by atoms with Crippen molar-refractivity contribution in [2.75, 3.05) is 13.2 Å². The predicted molar refractivity (Wildman–Crippen MR) is 103 cm³/mol. The van der Waals surface area contributed by atoms with Crippen LogP contribution in [0.15, 0.2) is 29.1 Å². The van der Waals surface area contributed by atoms with Gasteiger partial charge in [-0.25, -0.2) is 14.2 Å². The molecule has 0 unspecified atom stereocenters. The van der Waals surface area contributed by atoms with E-state index in [0.29, 0.717) is 5.56 Å². The molecule has 1 aromatic carbocycles. The Hall–Kier alpha value is -3.37. The zero-order valence-electron chi connectivity index (χ0n) is 16.9. The van der Waals surface area contributed by atoms with Gasteiger partial charge >= 0.3 is 12.1 Å². The lowest BCUT2D eigenvalue weighted by Crippen LogP contribution is -2.25. The standard InChI is InChI=1S/C20H19F4N3O4/c1-4-30-19(29)15-16(31-10-20(22,23)24)14-17(26(15)3)25-11(2)27(18(14)28)9-12-6-5-7-13(21)8-12/h5-8H,4,9-10H2,1-3H3. The molecular weight excluding hydrogens is 422 g/mol. The van der Waals surface area contributed by atoms with Crippen LogP contribution in [0.5, 0.6) is 5.75 Å². The molecule has 11 heteroatoms. The first-order chi connectivity index (χ1) is 14.5.